The highest BCUT2D eigenvalue weighted by Gasteiger charge is 2.47. The molecule has 0 spiro atoms. The normalized spacial score (nSPS) is 24.3. The number of carbonyl (C=O) groups is 1. The van der Waals surface area contributed by atoms with Crippen LogP contribution in [0.5, 0.6) is 0 Å². The smallest absolute Gasteiger partial charge is 0.322 e. The molecule has 3 rings (SSSR count). The summed E-state index contributed by atoms with van der Waals surface area (Å²) in [4.78, 5) is 20.7. The van der Waals surface area contributed by atoms with Gasteiger partial charge in [-0.25, -0.2) is 9.78 Å². The minimum absolute atomic E-state index is 0.0723. The molecule has 2 heterocycles. The summed E-state index contributed by atoms with van der Waals surface area (Å²) in [5.41, 5.74) is 4.27. The predicted molar refractivity (Wildman–Crippen MR) is 91.5 cm³/mol. The summed E-state index contributed by atoms with van der Waals surface area (Å²) in [6, 6.07) is 4.61. The molecule has 2 aliphatic rings. The summed E-state index contributed by atoms with van der Waals surface area (Å²) < 4.78 is 0. The van der Waals surface area contributed by atoms with Crippen LogP contribution < -0.4 is 4.90 Å². The molecule has 2 fully saturated rings. The summed E-state index contributed by atoms with van der Waals surface area (Å²) in [6.07, 6.45) is 5.14. The number of rotatable bonds is 1. The van der Waals surface area contributed by atoms with E-state index in [0.29, 0.717) is 6.04 Å². The van der Waals surface area contributed by atoms with Gasteiger partial charge in [0.05, 0.1) is 12.1 Å². The van der Waals surface area contributed by atoms with Crippen LogP contribution in [0.3, 0.4) is 0 Å². The van der Waals surface area contributed by atoms with Crippen molar-refractivity contribution in [2.75, 3.05) is 11.9 Å². The van der Waals surface area contributed by atoms with Gasteiger partial charge in [0.2, 0.25) is 0 Å². The fourth-order valence-electron chi connectivity index (χ4n) is 3.26. The molecule has 2 atom stereocenters. The lowest BCUT2D eigenvalue weighted by Gasteiger charge is -2.20. The molecule has 0 bridgehead atoms. The number of hydrogen-bond donors (Lipinski definition) is 0. The van der Waals surface area contributed by atoms with Crippen LogP contribution in [0.15, 0.2) is 18.3 Å². The number of hydrogen-bond acceptors (Lipinski definition) is 2. The Morgan fingerprint density at radius 2 is 1.95 bits per heavy atom. The summed E-state index contributed by atoms with van der Waals surface area (Å²) in [7, 11) is 0.525. The Balaban J connectivity index is 1.83. The van der Waals surface area contributed by atoms with Crippen LogP contribution in [0, 0.1) is 11.5 Å². The molecule has 4 nitrogen and oxygen atoms in total. The van der Waals surface area contributed by atoms with Crippen LogP contribution in [0.25, 0.3) is 0 Å². The zero-order chi connectivity index (χ0) is 15.9. The molecule has 1 aliphatic heterocycles. The Hall–Kier alpha value is -1.80. The highest BCUT2D eigenvalue weighted by molar-refractivity contribution is 6.83. The number of fused-ring (bicyclic) bond motifs is 1. The summed E-state index contributed by atoms with van der Waals surface area (Å²) in [5.74, 6) is 3.96. The maximum atomic E-state index is 12.5. The van der Waals surface area contributed by atoms with E-state index in [9.17, 15) is 4.79 Å². The summed E-state index contributed by atoms with van der Waals surface area (Å²) in [5, 5.41) is 0. The van der Waals surface area contributed by atoms with Gasteiger partial charge >= 0.3 is 6.03 Å². The Morgan fingerprint density at radius 1 is 1.23 bits per heavy atom. The fraction of sp³-hybridized carbons (Fsp3) is 0.529. The maximum Gasteiger partial charge on any atom is 0.326 e. The third-order valence-corrected chi connectivity index (χ3v) is 5.23. The molecule has 1 saturated heterocycles. The number of carbonyl (C=O) groups excluding carboxylic acids is 1. The molecule has 0 N–H and O–H groups in total. The van der Waals surface area contributed by atoms with Crippen LogP contribution in [0.4, 0.5) is 10.6 Å². The predicted octanol–water partition coefficient (Wildman–Crippen LogP) is 3.10. The van der Waals surface area contributed by atoms with Crippen LogP contribution >= 0.6 is 0 Å². The molecule has 5 heteroatoms. The van der Waals surface area contributed by atoms with Crippen molar-refractivity contribution in [3.63, 3.8) is 0 Å². The number of aromatic nitrogens is 1. The van der Waals surface area contributed by atoms with Gasteiger partial charge in [-0.3, -0.25) is 4.90 Å². The first-order valence-corrected chi connectivity index (χ1v) is 11.4. The van der Waals surface area contributed by atoms with Crippen molar-refractivity contribution < 1.29 is 4.79 Å². The highest BCUT2D eigenvalue weighted by atomic mass is 28.3. The molecule has 1 aliphatic carbocycles. The fourth-order valence-corrected chi connectivity index (χ4v) is 3.78. The number of likely N-dealkylation sites (N-methyl/N-ethyl adjacent to an activating group) is 1. The Kier molecular flexibility index (Phi) is 3.73. The lowest BCUT2D eigenvalue weighted by atomic mass is 10.2. The molecule has 1 saturated carbocycles. The van der Waals surface area contributed by atoms with Crippen molar-refractivity contribution in [1.29, 1.82) is 0 Å². The second kappa shape index (κ2) is 5.44. The molecular formula is C17H23N3OSi. The maximum absolute atomic E-state index is 12.5. The number of pyridine rings is 1. The Labute approximate surface area is 133 Å². The lowest BCUT2D eigenvalue weighted by Crippen LogP contribution is -2.34. The van der Waals surface area contributed by atoms with Crippen molar-refractivity contribution >= 4 is 19.9 Å². The van der Waals surface area contributed by atoms with E-state index in [4.69, 9.17) is 0 Å². The first-order chi connectivity index (χ1) is 10.4. The first kappa shape index (κ1) is 15.1. The van der Waals surface area contributed by atoms with E-state index in [0.717, 1.165) is 24.2 Å². The van der Waals surface area contributed by atoms with Gasteiger partial charge < -0.3 is 4.90 Å². The molecule has 0 aromatic carbocycles. The van der Waals surface area contributed by atoms with Crippen molar-refractivity contribution in [2.24, 2.45) is 0 Å². The number of amides is 2. The Morgan fingerprint density at radius 3 is 2.59 bits per heavy atom. The van der Waals surface area contributed by atoms with Gasteiger partial charge in [-0.1, -0.05) is 25.6 Å². The van der Waals surface area contributed by atoms with Gasteiger partial charge in [0.1, 0.15) is 13.9 Å². The number of nitrogens with zero attached hydrogens (tertiary/aromatic N) is 3. The van der Waals surface area contributed by atoms with E-state index in [1.54, 1.807) is 6.20 Å². The average molecular weight is 313 g/mol. The second-order valence-corrected chi connectivity index (χ2v) is 12.0. The highest BCUT2D eigenvalue weighted by Crippen LogP contribution is 2.36. The first-order valence-electron chi connectivity index (χ1n) is 7.92. The second-order valence-electron chi connectivity index (χ2n) is 7.23. The molecule has 1 aromatic heterocycles. The van der Waals surface area contributed by atoms with Crippen molar-refractivity contribution in [2.45, 2.75) is 51.0 Å². The minimum atomic E-state index is -1.38. The van der Waals surface area contributed by atoms with E-state index < -0.39 is 8.07 Å². The van der Waals surface area contributed by atoms with Gasteiger partial charge in [-0.2, -0.15) is 0 Å². The van der Waals surface area contributed by atoms with Crippen molar-refractivity contribution in [3.8, 4) is 11.5 Å². The number of urea groups is 1. The van der Waals surface area contributed by atoms with Crippen LogP contribution in [-0.2, 0) is 0 Å². The third kappa shape index (κ3) is 2.75. The lowest BCUT2D eigenvalue weighted by molar-refractivity contribution is 0.218. The van der Waals surface area contributed by atoms with Gasteiger partial charge in [0.25, 0.3) is 0 Å². The van der Waals surface area contributed by atoms with Crippen LogP contribution in [-0.4, -0.2) is 43.1 Å². The quantitative estimate of drug-likeness (QED) is 0.590. The third-order valence-electron chi connectivity index (χ3n) is 4.36. The zero-order valence-corrected chi connectivity index (χ0v) is 14.8. The van der Waals surface area contributed by atoms with E-state index >= 15 is 0 Å². The van der Waals surface area contributed by atoms with E-state index in [-0.39, 0.29) is 12.1 Å². The molecule has 22 heavy (non-hydrogen) atoms. The molecule has 0 radical (unpaired) electrons. The standard InChI is InChI=1S/C17H23N3OSi/c1-19-14-6-5-7-15(14)20(17(19)21)16-9-8-13(12-18-16)10-11-22(2,3)4/h8-9,12,14-15H,5-7H2,1-4H3/t14-,15+/m0/s1. The zero-order valence-electron chi connectivity index (χ0n) is 13.8. The molecule has 0 unspecified atom stereocenters. The largest absolute Gasteiger partial charge is 0.326 e. The van der Waals surface area contributed by atoms with Crippen molar-refractivity contribution in [1.82, 2.24) is 9.88 Å². The van der Waals surface area contributed by atoms with Gasteiger partial charge in [0, 0.05) is 18.8 Å². The minimum Gasteiger partial charge on any atom is -0.322 e. The Bertz CT molecular complexity index is 639. The molecule has 1 aromatic rings. The van der Waals surface area contributed by atoms with E-state index in [1.165, 1.54) is 6.42 Å². The SMILES string of the molecule is CN1C(=O)N(c2ccc(C#C[Si](C)(C)C)cn2)[C@@H]2CCC[C@@H]21. The van der Waals surface area contributed by atoms with Gasteiger partial charge in [-0.15, -0.1) is 5.54 Å². The topological polar surface area (TPSA) is 36.4 Å². The van der Waals surface area contributed by atoms with Crippen molar-refractivity contribution in [3.05, 3.63) is 23.9 Å². The molecular weight excluding hydrogens is 290 g/mol. The monoisotopic (exact) mass is 313 g/mol. The van der Waals surface area contributed by atoms with Gasteiger partial charge in [0.15, 0.2) is 0 Å². The van der Waals surface area contributed by atoms with Crippen LogP contribution in [0.2, 0.25) is 19.6 Å². The van der Waals surface area contributed by atoms with E-state index in [2.05, 4.69) is 36.1 Å². The summed E-state index contributed by atoms with van der Waals surface area (Å²) in [6.45, 7) is 6.67. The molecule has 116 valence electrons. The van der Waals surface area contributed by atoms with Gasteiger partial charge in [-0.05, 0) is 31.4 Å². The summed E-state index contributed by atoms with van der Waals surface area (Å²) >= 11 is 0. The van der Waals surface area contributed by atoms with Crippen LogP contribution in [0.1, 0.15) is 24.8 Å². The number of anilines is 1. The average Bonchev–Trinajstić information content (AvgIpc) is 3.01. The van der Waals surface area contributed by atoms with E-state index in [1.807, 2.05) is 29.0 Å². The molecule has 2 amide bonds.